The maximum Gasteiger partial charge on any atom is 0.0722 e. The standard InChI is InChI=1S/C15H18O/c1-2-3-11-16-12-14-9-6-8-13-7-4-5-10-15(13)14/h4-10H,2-3,11-12H2,1H3. The highest BCUT2D eigenvalue weighted by Crippen LogP contribution is 2.19. The average Bonchev–Trinajstić information content (AvgIpc) is 2.35. The maximum atomic E-state index is 5.67. The van der Waals surface area contributed by atoms with E-state index < -0.39 is 0 Å². The van der Waals surface area contributed by atoms with Crippen molar-refractivity contribution < 1.29 is 4.74 Å². The summed E-state index contributed by atoms with van der Waals surface area (Å²) in [6.45, 7) is 3.77. The Hall–Kier alpha value is -1.34. The van der Waals surface area contributed by atoms with E-state index in [-0.39, 0.29) is 0 Å². The molecule has 0 radical (unpaired) electrons. The van der Waals surface area contributed by atoms with Crippen LogP contribution in [0.2, 0.25) is 0 Å². The monoisotopic (exact) mass is 214 g/mol. The molecule has 0 saturated heterocycles. The number of rotatable bonds is 5. The molecule has 0 amide bonds. The zero-order chi connectivity index (χ0) is 11.2. The smallest absolute Gasteiger partial charge is 0.0722 e. The Kier molecular flexibility index (Phi) is 3.95. The predicted octanol–water partition coefficient (Wildman–Crippen LogP) is 4.16. The van der Waals surface area contributed by atoms with Crippen LogP contribution in [0.15, 0.2) is 42.5 Å². The van der Waals surface area contributed by atoms with Gasteiger partial charge in [0.2, 0.25) is 0 Å². The first-order valence-electron chi connectivity index (χ1n) is 5.96. The van der Waals surface area contributed by atoms with E-state index >= 15 is 0 Å². The van der Waals surface area contributed by atoms with Gasteiger partial charge >= 0.3 is 0 Å². The molecule has 1 nitrogen and oxygen atoms in total. The van der Waals surface area contributed by atoms with E-state index in [0.717, 1.165) is 19.6 Å². The lowest BCUT2D eigenvalue weighted by atomic mass is 10.1. The first kappa shape index (κ1) is 11.2. The summed E-state index contributed by atoms with van der Waals surface area (Å²) in [5.74, 6) is 0. The van der Waals surface area contributed by atoms with Gasteiger partial charge in [0.15, 0.2) is 0 Å². The fourth-order valence-corrected chi connectivity index (χ4v) is 1.85. The van der Waals surface area contributed by atoms with Crippen molar-refractivity contribution in [1.82, 2.24) is 0 Å². The maximum absolute atomic E-state index is 5.67. The van der Waals surface area contributed by atoms with Gasteiger partial charge in [-0.3, -0.25) is 0 Å². The lowest BCUT2D eigenvalue weighted by Gasteiger charge is -2.07. The third-order valence-corrected chi connectivity index (χ3v) is 2.78. The predicted molar refractivity (Wildman–Crippen MR) is 68.5 cm³/mol. The summed E-state index contributed by atoms with van der Waals surface area (Å²) in [5.41, 5.74) is 1.29. The Morgan fingerprint density at radius 3 is 2.69 bits per heavy atom. The van der Waals surface area contributed by atoms with Crippen molar-refractivity contribution in [3.63, 3.8) is 0 Å². The summed E-state index contributed by atoms with van der Waals surface area (Å²) in [7, 11) is 0. The van der Waals surface area contributed by atoms with Crippen LogP contribution in [0.25, 0.3) is 10.8 Å². The number of fused-ring (bicyclic) bond motifs is 1. The number of hydrogen-bond acceptors (Lipinski definition) is 1. The summed E-state index contributed by atoms with van der Waals surface area (Å²) in [5, 5.41) is 2.60. The van der Waals surface area contributed by atoms with Crippen LogP contribution in [0.5, 0.6) is 0 Å². The van der Waals surface area contributed by atoms with E-state index in [1.807, 2.05) is 0 Å². The molecule has 0 spiro atoms. The summed E-state index contributed by atoms with van der Waals surface area (Å²) in [6, 6.07) is 14.8. The molecular weight excluding hydrogens is 196 g/mol. The van der Waals surface area contributed by atoms with Gasteiger partial charge in [-0.2, -0.15) is 0 Å². The second-order valence-electron chi connectivity index (χ2n) is 4.04. The van der Waals surface area contributed by atoms with Gasteiger partial charge in [-0.1, -0.05) is 55.8 Å². The van der Waals surface area contributed by atoms with Crippen LogP contribution in [0.1, 0.15) is 25.3 Å². The Morgan fingerprint density at radius 1 is 1.00 bits per heavy atom. The van der Waals surface area contributed by atoms with E-state index in [0.29, 0.717) is 0 Å². The van der Waals surface area contributed by atoms with Crippen LogP contribution in [0.3, 0.4) is 0 Å². The fourth-order valence-electron chi connectivity index (χ4n) is 1.85. The molecule has 0 bridgehead atoms. The largest absolute Gasteiger partial charge is 0.377 e. The van der Waals surface area contributed by atoms with Crippen molar-refractivity contribution in [1.29, 1.82) is 0 Å². The van der Waals surface area contributed by atoms with Crippen molar-refractivity contribution in [2.24, 2.45) is 0 Å². The van der Waals surface area contributed by atoms with Gasteiger partial charge in [-0.05, 0) is 22.8 Å². The number of hydrogen-bond donors (Lipinski definition) is 0. The third kappa shape index (κ3) is 2.61. The molecule has 2 aromatic carbocycles. The second kappa shape index (κ2) is 5.66. The molecule has 84 valence electrons. The average molecular weight is 214 g/mol. The van der Waals surface area contributed by atoms with Gasteiger partial charge in [0, 0.05) is 6.61 Å². The lowest BCUT2D eigenvalue weighted by molar-refractivity contribution is 0.119. The molecule has 0 N–H and O–H groups in total. The normalized spacial score (nSPS) is 10.8. The van der Waals surface area contributed by atoms with Gasteiger partial charge in [0.05, 0.1) is 6.61 Å². The number of ether oxygens (including phenoxy) is 1. The lowest BCUT2D eigenvalue weighted by Crippen LogP contribution is -1.95. The van der Waals surface area contributed by atoms with E-state index in [1.165, 1.54) is 22.8 Å². The van der Waals surface area contributed by atoms with Crippen molar-refractivity contribution in [3.8, 4) is 0 Å². The Balaban J connectivity index is 2.11. The molecule has 2 aromatic rings. The highest BCUT2D eigenvalue weighted by molar-refractivity contribution is 5.85. The molecule has 0 heterocycles. The van der Waals surface area contributed by atoms with Gasteiger partial charge in [0.25, 0.3) is 0 Å². The molecule has 0 saturated carbocycles. The number of unbranched alkanes of at least 4 members (excludes halogenated alkanes) is 1. The first-order valence-corrected chi connectivity index (χ1v) is 5.96. The number of benzene rings is 2. The Morgan fingerprint density at radius 2 is 1.81 bits per heavy atom. The van der Waals surface area contributed by atoms with Crippen molar-refractivity contribution in [3.05, 3.63) is 48.0 Å². The zero-order valence-electron chi connectivity index (χ0n) is 9.78. The van der Waals surface area contributed by atoms with Crippen LogP contribution in [-0.4, -0.2) is 6.61 Å². The molecule has 2 rings (SSSR count). The highest BCUT2D eigenvalue weighted by Gasteiger charge is 1.99. The van der Waals surface area contributed by atoms with E-state index in [1.54, 1.807) is 0 Å². The highest BCUT2D eigenvalue weighted by atomic mass is 16.5. The minimum atomic E-state index is 0.724. The molecule has 0 unspecified atom stereocenters. The third-order valence-electron chi connectivity index (χ3n) is 2.78. The Labute approximate surface area is 97.1 Å². The van der Waals surface area contributed by atoms with E-state index in [9.17, 15) is 0 Å². The summed E-state index contributed by atoms with van der Waals surface area (Å²) in [4.78, 5) is 0. The van der Waals surface area contributed by atoms with Crippen LogP contribution in [-0.2, 0) is 11.3 Å². The molecule has 0 aliphatic rings. The van der Waals surface area contributed by atoms with E-state index in [2.05, 4.69) is 49.4 Å². The fraction of sp³-hybridized carbons (Fsp3) is 0.333. The van der Waals surface area contributed by atoms with Crippen molar-refractivity contribution in [2.75, 3.05) is 6.61 Å². The van der Waals surface area contributed by atoms with Gasteiger partial charge in [0.1, 0.15) is 0 Å². The van der Waals surface area contributed by atoms with Crippen molar-refractivity contribution in [2.45, 2.75) is 26.4 Å². The van der Waals surface area contributed by atoms with Crippen LogP contribution < -0.4 is 0 Å². The van der Waals surface area contributed by atoms with Crippen LogP contribution in [0.4, 0.5) is 0 Å². The molecule has 0 aromatic heterocycles. The summed E-state index contributed by atoms with van der Waals surface area (Å²) in [6.07, 6.45) is 2.33. The van der Waals surface area contributed by atoms with E-state index in [4.69, 9.17) is 4.74 Å². The van der Waals surface area contributed by atoms with Gasteiger partial charge < -0.3 is 4.74 Å². The topological polar surface area (TPSA) is 9.23 Å². The Bertz CT molecular complexity index is 443. The molecule has 0 fully saturated rings. The van der Waals surface area contributed by atoms with Gasteiger partial charge in [-0.15, -0.1) is 0 Å². The molecular formula is C15H18O. The molecule has 16 heavy (non-hydrogen) atoms. The van der Waals surface area contributed by atoms with Crippen LogP contribution >= 0.6 is 0 Å². The minimum absolute atomic E-state index is 0.724. The van der Waals surface area contributed by atoms with Crippen LogP contribution in [0, 0.1) is 0 Å². The van der Waals surface area contributed by atoms with Crippen molar-refractivity contribution >= 4 is 10.8 Å². The van der Waals surface area contributed by atoms with Gasteiger partial charge in [-0.25, -0.2) is 0 Å². The summed E-state index contributed by atoms with van der Waals surface area (Å²) >= 11 is 0. The summed E-state index contributed by atoms with van der Waals surface area (Å²) < 4.78 is 5.67. The second-order valence-corrected chi connectivity index (χ2v) is 4.04. The molecule has 1 heteroatoms. The quantitative estimate of drug-likeness (QED) is 0.679. The molecule has 0 aliphatic carbocycles. The first-order chi connectivity index (χ1) is 7.92. The SMILES string of the molecule is CCCCOCc1cccc2ccccc12. The zero-order valence-corrected chi connectivity index (χ0v) is 9.78. The minimum Gasteiger partial charge on any atom is -0.377 e. The molecule has 0 atom stereocenters. The molecule has 0 aliphatic heterocycles.